The van der Waals surface area contributed by atoms with E-state index in [4.69, 9.17) is 0 Å². The second kappa shape index (κ2) is 6.62. The first-order valence-electron chi connectivity index (χ1n) is 5.30. The lowest BCUT2D eigenvalue weighted by Gasteiger charge is -2.04. The fraction of sp³-hybridized carbons (Fsp3) is 0.333. The van der Waals surface area contributed by atoms with E-state index < -0.39 is 5.97 Å². The quantitative estimate of drug-likeness (QED) is 0.451. The zero-order valence-electron chi connectivity index (χ0n) is 9.77. The highest BCUT2D eigenvalue weighted by molar-refractivity contribution is 6.00. The van der Waals surface area contributed by atoms with Gasteiger partial charge in [0.1, 0.15) is 5.82 Å². The molecule has 0 unspecified atom stereocenters. The van der Waals surface area contributed by atoms with Gasteiger partial charge in [-0.25, -0.2) is 14.1 Å². The molecule has 1 aromatic carbocycles. The molecular weight excluding hydrogens is 225 g/mol. The van der Waals surface area contributed by atoms with Crippen molar-refractivity contribution in [3.05, 3.63) is 35.6 Å². The molecule has 0 radical (unpaired) electrons. The number of carbonyl (C=O) groups is 1. The minimum atomic E-state index is -0.580. The molecule has 0 N–H and O–H groups in total. The molecular formula is C12H14FNO3. The zero-order valence-corrected chi connectivity index (χ0v) is 9.77. The Hall–Kier alpha value is -1.91. The monoisotopic (exact) mass is 239 g/mol. The first kappa shape index (κ1) is 13.2. The minimum Gasteiger partial charge on any atom is -0.248 e. The van der Waals surface area contributed by atoms with Gasteiger partial charge in [0.15, 0.2) is 0 Å². The summed E-state index contributed by atoms with van der Waals surface area (Å²) in [4.78, 5) is 19.2. The van der Waals surface area contributed by atoms with Crippen LogP contribution in [0.3, 0.4) is 0 Å². The largest absolute Gasteiger partial charge is 0.354 e. The average molecular weight is 239 g/mol. The van der Waals surface area contributed by atoms with Gasteiger partial charge in [-0.15, -0.1) is 0 Å². The number of hydrogen-bond acceptors (Lipinski definition) is 4. The summed E-state index contributed by atoms with van der Waals surface area (Å²) in [6.45, 7) is 3.19. The Morgan fingerprint density at radius 1 is 1.35 bits per heavy atom. The van der Waals surface area contributed by atoms with E-state index in [9.17, 15) is 9.18 Å². The topological polar surface area (TPSA) is 47.9 Å². The zero-order chi connectivity index (χ0) is 12.7. The highest BCUT2D eigenvalue weighted by Crippen LogP contribution is 2.09. The lowest BCUT2D eigenvalue weighted by atomic mass is 10.1. The Balaban J connectivity index is 2.77. The van der Waals surface area contributed by atoms with Crippen molar-refractivity contribution in [2.45, 2.75) is 26.7 Å². The Labute approximate surface area is 99.0 Å². The van der Waals surface area contributed by atoms with Crippen LogP contribution in [0, 0.1) is 5.82 Å². The Morgan fingerprint density at radius 3 is 2.53 bits per heavy atom. The Morgan fingerprint density at radius 2 is 2.00 bits per heavy atom. The summed E-state index contributed by atoms with van der Waals surface area (Å²) >= 11 is 0. The summed E-state index contributed by atoms with van der Waals surface area (Å²) in [5, 5.41) is 3.70. The lowest BCUT2D eigenvalue weighted by Crippen LogP contribution is -2.04. The Bertz CT molecular complexity index is 401. The molecule has 0 aliphatic rings. The lowest BCUT2D eigenvalue weighted by molar-refractivity contribution is -0.271. The van der Waals surface area contributed by atoms with Crippen LogP contribution in [-0.2, 0) is 14.7 Å². The van der Waals surface area contributed by atoms with Crippen LogP contribution in [0.1, 0.15) is 32.3 Å². The molecule has 92 valence electrons. The van der Waals surface area contributed by atoms with Gasteiger partial charge in [-0.2, -0.15) is 4.99 Å². The maximum absolute atomic E-state index is 12.8. The summed E-state index contributed by atoms with van der Waals surface area (Å²) in [6, 6.07) is 5.88. The minimum absolute atomic E-state index is 0.314. The molecule has 0 saturated carbocycles. The maximum Gasteiger partial charge on any atom is 0.354 e. The number of carbonyl (C=O) groups excluding carboxylic acids is 1. The normalized spacial score (nSPS) is 11.1. The van der Waals surface area contributed by atoms with E-state index in [0.717, 1.165) is 12.0 Å². The van der Waals surface area contributed by atoms with Crippen molar-refractivity contribution in [2.24, 2.45) is 5.16 Å². The first-order valence-corrected chi connectivity index (χ1v) is 5.30. The van der Waals surface area contributed by atoms with Crippen molar-refractivity contribution in [3.8, 4) is 0 Å². The molecule has 0 amide bonds. The molecule has 0 heterocycles. The first-order chi connectivity index (χ1) is 8.13. The van der Waals surface area contributed by atoms with Crippen LogP contribution in [0.15, 0.2) is 29.4 Å². The van der Waals surface area contributed by atoms with Crippen LogP contribution in [0.2, 0.25) is 0 Å². The molecule has 0 spiro atoms. The molecule has 17 heavy (non-hydrogen) atoms. The van der Waals surface area contributed by atoms with Crippen molar-refractivity contribution in [1.82, 2.24) is 0 Å². The molecule has 0 aliphatic carbocycles. The maximum atomic E-state index is 12.8. The van der Waals surface area contributed by atoms with Gasteiger partial charge in [-0.05, 0) is 29.3 Å². The fourth-order valence-electron chi connectivity index (χ4n) is 1.24. The summed E-state index contributed by atoms with van der Waals surface area (Å²) in [5.41, 5.74) is 1.34. The number of halogens is 1. The molecule has 1 aromatic rings. The molecule has 0 saturated heterocycles. The van der Waals surface area contributed by atoms with Gasteiger partial charge >= 0.3 is 5.97 Å². The van der Waals surface area contributed by atoms with Gasteiger partial charge in [-0.3, -0.25) is 0 Å². The van der Waals surface area contributed by atoms with E-state index in [1.54, 1.807) is 12.1 Å². The van der Waals surface area contributed by atoms with Crippen LogP contribution in [-0.4, -0.2) is 11.7 Å². The van der Waals surface area contributed by atoms with Crippen molar-refractivity contribution >= 4 is 11.7 Å². The van der Waals surface area contributed by atoms with E-state index in [0.29, 0.717) is 12.1 Å². The van der Waals surface area contributed by atoms with Crippen molar-refractivity contribution < 1.29 is 19.1 Å². The standard InChI is InChI=1S/C12H14FNO3/c1-3-4-12(14-17-16-9(2)15)10-5-7-11(13)8-6-10/h5-8H,3-4H2,1-2H3. The number of benzene rings is 1. The molecule has 0 bridgehead atoms. The summed E-state index contributed by atoms with van der Waals surface area (Å²) in [6.07, 6.45) is 1.49. The van der Waals surface area contributed by atoms with Gasteiger partial charge in [0.05, 0.1) is 5.71 Å². The Kier molecular flexibility index (Phi) is 5.13. The number of hydrogen-bond donors (Lipinski definition) is 0. The molecule has 0 aromatic heterocycles. The van der Waals surface area contributed by atoms with E-state index in [2.05, 4.69) is 15.0 Å². The molecule has 5 heteroatoms. The summed E-state index contributed by atoms with van der Waals surface area (Å²) in [5.74, 6) is -0.894. The molecule has 0 aliphatic heterocycles. The van der Waals surface area contributed by atoms with Crippen molar-refractivity contribution in [1.29, 1.82) is 0 Å². The van der Waals surface area contributed by atoms with Gasteiger partial charge in [-0.1, -0.05) is 25.5 Å². The number of rotatable bonds is 5. The predicted octanol–water partition coefficient (Wildman–Crippen LogP) is 2.82. The van der Waals surface area contributed by atoms with Gasteiger partial charge in [0.25, 0.3) is 0 Å². The third-order valence-electron chi connectivity index (χ3n) is 1.97. The van der Waals surface area contributed by atoms with E-state index >= 15 is 0 Å². The smallest absolute Gasteiger partial charge is 0.248 e. The molecule has 0 fully saturated rings. The van der Waals surface area contributed by atoms with Crippen LogP contribution >= 0.6 is 0 Å². The SMILES string of the molecule is CCCC(=NOOC(C)=O)c1ccc(F)cc1. The van der Waals surface area contributed by atoms with Crippen LogP contribution in [0.5, 0.6) is 0 Å². The highest BCUT2D eigenvalue weighted by Gasteiger charge is 2.05. The summed E-state index contributed by atoms with van der Waals surface area (Å²) in [7, 11) is 0. The van der Waals surface area contributed by atoms with Crippen LogP contribution in [0.4, 0.5) is 4.39 Å². The van der Waals surface area contributed by atoms with Gasteiger partial charge < -0.3 is 0 Å². The fourth-order valence-corrected chi connectivity index (χ4v) is 1.24. The van der Waals surface area contributed by atoms with Crippen LogP contribution < -0.4 is 0 Å². The molecule has 1 rings (SSSR count). The molecule has 4 nitrogen and oxygen atoms in total. The highest BCUT2D eigenvalue weighted by atomic mass is 19.1. The average Bonchev–Trinajstić information content (AvgIpc) is 2.29. The number of nitrogens with zero attached hydrogens (tertiary/aromatic N) is 1. The second-order valence-corrected chi connectivity index (χ2v) is 3.44. The van der Waals surface area contributed by atoms with Crippen LogP contribution in [0.25, 0.3) is 0 Å². The van der Waals surface area contributed by atoms with Gasteiger partial charge in [0.2, 0.25) is 0 Å². The number of oxime groups is 1. The van der Waals surface area contributed by atoms with Crippen molar-refractivity contribution in [3.63, 3.8) is 0 Å². The summed E-state index contributed by atoms with van der Waals surface area (Å²) < 4.78 is 12.8. The third kappa shape index (κ3) is 4.63. The van der Waals surface area contributed by atoms with E-state index in [-0.39, 0.29) is 5.82 Å². The van der Waals surface area contributed by atoms with E-state index in [1.807, 2.05) is 6.92 Å². The second-order valence-electron chi connectivity index (χ2n) is 3.44. The van der Waals surface area contributed by atoms with Gasteiger partial charge in [0, 0.05) is 6.92 Å². The third-order valence-corrected chi connectivity index (χ3v) is 1.97. The molecule has 0 atom stereocenters. The van der Waals surface area contributed by atoms with E-state index in [1.165, 1.54) is 19.1 Å². The predicted molar refractivity (Wildman–Crippen MR) is 60.7 cm³/mol. The van der Waals surface area contributed by atoms with Crippen molar-refractivity contribution in [2.75, 3.05) is 0 Å².